The van der Waals surface area contributed by atoms with Crippen LogP contribution in [0.3, 0.4) is 0 Å². The summed E-state index contributed by atoms with van der Waals surface area (Å²) in [4.78, 5) is 15.1. The molecule has 1 heterocycles. The molecule has 7 heteroatoms. The second-order valence-electron chi connectivity index (χ2n) is 8.40. The standard InChI is InChI=1S/C24H33N3O3S/c1-5-31(29,30)26(4)22-12-10-21(11-13-22)24(28)25-19(3)20-8-14-23(15-9-20)27-16-6-7-18(2)17-27/h8-15,18-19H,5-7,16-17H2,1-4H3,(H,25,28)/t18-,19+/m1/s1. The maximum absolute atomic E-state index is 12.7. The Hall–Kier alpha value is -2.54. The number of piperidine rings is 1. The fourth-order valence-corrected chi connectivity index (χ4v) is 4.77. The quantitative estimate of drug-likeness (QED) is 0.696. The summed E-state index contributed by atoms with van der Waals surface area (Å²) in [6.07, 6.45) is 2.53. The summed E-state index contributed by atoms with van der Waals surface area (Å²) < 4.78 is 25.2. The number of sulfonamides is 1. The number of benzene rings is 2. The van der Waals surface area contributed by atoms with Gasteiger partial charge in [-0.15, -0.1) is 0 Å². The summed E-state index contributed by atoms with van der Waals surface area (Å²) in [5.74, 6) is 0.563. The predicted octanol–water partition coefficient (Wildman–Crippen LogP) is 4.20. The zero-order valence-electron chi connectivity index (χ0n) is 18.8. The first-order valence-corrected chi connectivity index (χ1v) is 12.5. The summed E-state index contributed by atoms with van der Waals surface area (Å²) in [6, 6.07) is 14.9. The molecule has 0 aliphatic carbocycles. The van der Waals surface area contributed by atoms with Crippen LogP contribution in [0.4, 0.5) is 11.4 Å². The van der Waals surface area contributed by atoms with E-state index in [4.69, 9.17) is 0 Å². The molecular formula is C24H33N3O3S. The van der Waals surface area contributed by atoms with Gasteiger partial charge >= 0.3 is 0 Å². The first kappa shape index (κ1) is 23.1. The highest BCUT2D eigenvalue weighted by Gasteiger charge is 2.18. The highest BCUT2D eigenvalue weighted by Crippen LogP contribution is 2.25. The van der Waals surface area contributed by atoms with Crippen LogP contribution in [-0.2, 0) is 10.0 Å². The summed E-state index contributed by atoms with van der Waals surface area (Å²) in [5, 5.41) is 3.02. The molecule has 1 saturated heterocycles. The average molecular weight is 444 g/mol. The van der Waals surface area contributed by atoms with Crippen LogP contribution in [0.15, 0.2) is 48.5 Å². The van der Waals surface area contributed by atoms with Crippen LogP contribution in [0.25, 0.3) is 0 Å². The van der Waals surface area contributed by atoms with Gasteiger partial charge in [-0.25, -0.2) is 8.42 Å². The van der Waals surface area contributed by atoms with Gasteiger partial charge < -0.3 is 10.2 Å². The molecule has 31 heavy (non-hydrogen) atoms. The summed E-state index contributed by atoms with van der Waals surface area (Å²) in [6.45, 7) is 8.06. The van der Waals surface area contributed by atoms with Gasteiger partial charge in [0.05, 0.1) is 17.5 Å². The lowest BCUT2D eigenvalue weighted by molar-refractivity contribution is 0.0940. The third-order valence-corrected chi connectivity index (χ3v) is 7.81. The van der Waals surface area contributed by atoms with Crippen molar-refractivity contribution in [3.8, 4) is 0 Å². The predicted molar refractivity (Wildman–Crippen MR) is 127 cm³/mol. The highest BCUT2D eigenvalue weighted by molar-refractivity contribution is 7.92. The molecule has 3 rings (SSSR count). The van der Waals surface area contributed by atoms with Gasteiger partial charge in [-0.2, -0.15) is 0 Å². The van der Waals surface area contributed by atoms with Crippen LogP contribution in [0, 0.1) is 5.92 Å². The highest BCUT2D eigenvalue weighted by atomic mass is 32.2. The molecule has 6 nitrogen and oxygen atoms in total. The second kappa shape index (κ2) is 9.73. The van der Waals surface area contributed by atoms with Gasteiger partial charge in [-0.3, -0.25) is 9.10 Å². The molecule has 0 bridgehead atoms. The molecule has 0 aromatic heterocycles. The maximum atomic E-state index is 12.7. The van der Waals surface area contributed by atoms with E-state index >= 15 is 0 Å². The minimum atomic E-state index is -3.33. The van der Waals surface area contributed by atoms with Crippen molar-refractivity contribution in [3.05, 3.63) is 59.7 Å². The van der Waals surface area contributed by atoms with Crippen LogP contribution in [-0.4, -0.2) is 40.2 Å². The van der Waals surface area contributed by atoms with Gasteiger partial charge in [0.2, 0.25) is 10.0 Å². The number of hydrogen-bond acceptors (Lipinski definition) is 4. The normalized spacial score (nSPS) is 17.8. The van der Waals surface area contributed by atoms with E-state index in [-0.39, 0.29) is 17.7 Å². The molecule has 0 saturated carbocycles. The number of nitrogens with zero attached hydrogens (tertiary/aromatic N) is 2. The molecule has 1 aliphatic heterocycles. The van der Waals surface area contributed by atoms with Gasteiger partial charge in [0, 0.05) is 31.4 Å². The van der Waals surface area contributed by atoms with E-state index in [1.54, 1.807) is 31.2 Å². The van der Waals surface area contributed by atoms with Gasteiger partial charge in [0.25, 0.3) is 5.91 Å². The molecule has 1 amide bonds. The Morgan fingerprint density at radius 1 is 1.16 bits per heavy atom. The Labute approximate surface area is 186 Å². The van der Waals surface area contributed by atoms with Crippen LogP contribution in [0.5, 0.6) is 0 Å². The zero-order chi connectivity index (χ0) is 22.6. The van der Waals surface area contributed by atoms with Crippen LogP contribution in [0.2, 0.25) is 0 Å². The largest absolute Gasteiger partial charge is 0.371 e. The lowest BCUT2D eigenvalue weighted by Crippen LogP contribution is -2.34. The van der Waals surface area contributed by atoms with E-state index in [0.717, 1.165) is 24.6 Å². The Morgan fingerprint density at radius 2 is 1.81 bits per heavy atom. The average Bonchev–Trinajstić information content (AvgIpc) is 2.78. The van der Waals surface area contributed by atoms with Gasteiger partial charge in [0.1, 0.15) is 0 Å². The minimum Gasteiger partial charge on any atom is -0.371 e. The van der Waals surface area contributed by atoms with E-state index in [2.05, 4.69) is 41.4 Å². The number of rotatable bonds is 7. The maximum Gasteiger partial charge on any atom is 0.251 e. The first-order valence-electron chi connectivity index (χ1n) is 10.9. The van der Waals surface area contributed by atoms with E-state index in [1.165, 1.54) is 29.9 Å². The Bertz CT molecular complexity index is 988. The second-order valence-corrected chi connectivity index (χ2v) is 10.7. The third kappa shape index (κ3) is 5.58. The first-order chi connectivity index (χ1) is 14.7. The van der Waals surface area contributed by atoms with Crippen LogP contribution >= 0.6 is 0 Å². The van der Waals surface area contributed by atoms with Crippen molar-refractivity contribution in [1.82, 2.24) is 5.32 Å². The smallest absolute Gasteiger partial charge is 0.251 e. The van der Waals surface area contributed by atoms with E-state index in [1.807, 2.05) is 6.92 Å². The molecule has 0 spiro atoms. The number of carbonyl (C=O) groups is 1. The number of anilines is 2. The Kier molecular flexibility index (Phi) is 7.26. The number of nitrogens with one attached hydrogen (secondary N) is 1. The van der Waals surface area contributed by atoms with Crippen molar-refractivity contribution < 1.29 is 13.2 Å². The van der Waals surface area contributed by atoms with Gasteiger partial charge in [-0.05, 0) is 74.6 Å². The van der Waals surface area contributed by atoms with Gasteiger partial charge in [0.15, 0.2) is 0 Å². The molecule has 1 N–H and O–H groups in total. The molecule has 1 fully saturated rings. The minimum absolute atomic E-state index is 0.0266. The third-order valence-electron chi connectivity index (χ3n) is 6.04. The molecule has 1 aliphatic rings. The summed E-state index contributed by atoms with van der Waals surface area (Å²) in [5.41, 5.74) is 3.31. The Morgan fingerprint density at radius 3 is 2.39 bits per heavy atom. The van der Waals surface area contributed by atoms with Crippen LogP contribution in [0.1, 0.15) is 55.6 Å². The van der Waals surface area contributed by atoms with Crippen molar-refractivity contribution >= 4 is 27.3 Å². The molecule has 2 aromatic carbocycles. The Balaban J connectivity index is 1.62. The zero-order valence-corrected chi connectivity index (χ0v) is 19.7. The van der Waals surface area contributed by atoms with Crippen molar-refractivity contribution in [2.24, 2.45) is 5.92 Å². The van der Waals surface area contributed by atoms with E-state index < -0.39 is 10.0 Å². The van der Waals surface area contributed by atoms with Gasteiger partial charge in [-0.1, -0.05) is 19.1 Å². The van der Waals surface area contributed by atoms with Crippen molar-refractivity contribution in [3.63, 3.8) is 0 Å². The fourth-order valence-electron chi connectivity index (χ4n) is 3.94. The van der Waals surface area contributed by atoms with Crippen molar-refractivity contribution in [1.29, 1.82) is 0 Å². The topological polar surface area (TPSA) is 69.7 Å². The monoisotopic (exact) mass is 443 g/mol. The molecular weight excluding hydrogens is 410 g/mol. The summed E-state index contributed by atoms with van der Waals surface area (Å²) >= 11 is 0. The molecule has 168 valence electrons. The number of hydrogen-bond donors (Lipinski definition) is 1. The number of carbonyl (C=O) groups excluding carboxylic acids is 1. The van der Waals surface area contributed by atoms with Crippen molar-refractivity contribution in [2.75, 3.05) is 35.1 Å². The van der Waals surface area contributed by atoms with Crippen molar-refractivity contribution in [2.45, 2.75) is 39.7 Å². The van der Waals surface area contributed by atoms with E-state index in [0.29, 0.717) is 11.3 Å². The van der Waals surface area contributed by atoms with Crippen LogP contribution < -0.4 is 14.5 Å². The SMILES string of the molecule is CCS(=O)(=O)N(C)c1ccc(C(=O)N[C@@H](C)c2ccc(N3CCC[C@@H](C)C3)cc2)cc1. The number of amides is 1. The molecule has 2 aromatic rings. The summed E-state index contributed by atoms with van der Waals surface area (Å²) in [7, 11) is -1.81. The van der Waals surface area contributed by atoms with E-state index in [9.17, 15) is 13.2 Å². The lowest BCUT2D eigenvalue weighted by atomic mass is 9.99. The fraction of sp³-hybridized carbons (Fsp3) is 0.458. The lowest BCUT2D eigenvalue weighted by Gasteiger charge is -2.33. The molecule has 0 unspecified atom stereocenters. The molecule has 0 radical (unpaired) electrons. The molecule has 2 atom stereocenters.